The molecule has 1 aliphatic heterocycles. The Balaban J connectivity index is 1.90. The number of anilines is 1. The monoisotopic (exact) mass is 573 g/mol. The summed E-state index contributed by atoms with van der Waals surface area (Å²) < 4.78 is 72.1. The van der Waals surface area contributed by atoms with Gasteiger partial charge in [0.05, 0.1) is 40.2 Å². The molecule has 35 heavy (non-hydrogen) atoms. The van der Waals surface area contributed by atoms with Crippen molar-refractivity contribution in [2.45, 2.75) is 37.5 Å². The molecule has 12 heteroatoms. The van der Waals surface area contributed by atoms with E-state index in [0.717, 1.165) is 19.4 Å². The summed E-state index contributed by atoms with van der Waals surface area (Å²) >= 11 is 2.99. The van der Waals surface area contributed by atoms with E-state index in [1.54, 1.807) is 6.07 Å². The number of ether oxygens (including phenoxy) is 1. The van der Waals surface area contributed by atoms with Crippen molar-refractivity contribution in [3.63, 3.8) is 0 Å². The van der Waals surface area contributed by atoms with Gasteiger partial charge in [-0.05, 0) is 36.2 Å². The number of carbonyl (C=O) groups excluding carboxylic acids is 1. The average Bonchev–Trinajstić information content (AvgIpc) is 3.13. The minimum atomic E-state index is -4.52. The van der Waals surface area contributed by atoms with Crippen LogP contribution in [0.3, 0.4) is 0 Å². The van der Waals surface area contributed by atoms with Crippen molar-refractivity contribution in [2.24, 2.45) is 5.92 Å². The fourth-order valence-corrected chi connectivity index (χ4v) is 5.89. The number of halogens is 4. The second kappa shape index (κ2) is 8.81. The Labute approximate surface area is 208 Å². The number of hydrogen-bond acceptors (Lipinski definition) is 6. The molecule has 1 aromatic heterocycles. The number of imidazole rings is 1. The Morgan fingerprint density at radius 3 is 2.46 bits per heavy atom. The molecule has 0 spiro atoms. The van der Waals surface area contributed by atoms with Crippen LogP contribution >= 0.6 is 15.9 Å². The van der Waals surface area contributed by atoms with Crippen molar-refractivity contribution >= 4 is 48.5 Å². The molecule has 0 amide bonds. The highest BCUT2D eigenvalue weighted by Crippen LogP contribution is 2.42. The van der Waals surface area contributed by atoms with Crippen LogP contribution in [0.1, 0.15) is 41.6 Å². The van der Waals surface area contributed by atoms with Crippen molar-refractivity contribution in [1.29, 1.82) is 0 Å². The molecule has 0 N–H and O–H groups in total. The summed E-state index contributed by atoms with van der Waals surface area (Å²) in [5.74, 6) is -0.257. The molecule has 1 aliphatic rings. The van der Waals surface area contributed by atoms with E-state index in [2.05, 4.69) is 15.9 Å². The van der Waals surface area contributed by atoms with E-state index in [1.165, 1.54) is 18.2 Å². The Morgan fingerprint density at radius 1 is 1.20 bits per heavy atom. The van der Waals surface area contributed by atoms with Crippen molar-refractivity contribution < 1.29 is 31.1 Å². The van der Waals surface area contributed by atoms with Crippen molar-refractivity contribution in [3.05, 3.63) is 51.8 Å². The van der Waals surface area contributed by atoms with Crippen LogP contribution in [-0.2, 0) is 27.3 Å². The highest BCUT2D eigenvalue weighted by Gasteiger charge is 2.37. The summed E-state index contributed by atoms with van der Waals surface area (Å²) in [5, 5.41) is 0. The van der Waals surface area contributed by atoms with Gasteiger partial charge in [-0.15, -0.1) is 0 Å². The van der Waals surface area contributed by atoms with Gasteiger partial charge in [0, 0.05) is 29.5 Å². The van der Waals surface area contributed by atoms with Gasteiger partial charge < -0.3 is 14.2 Å². The minimum Gasteiger partial charge on any atom is -0.465 e. The molecule has 2 heterocycles. The summed E-state index contributed by atoms with van der Waals surface area (Å²) in [6.07, 6.45) is -3.50. The smallest absolute Gasteiger partial charge is 0.417 e. The van der Waals surface area contributed by atoms with Gasteiger partial charge in [-0.1, -0.05) is 29.8 Å². The Bertz CT molecular complexity index is 1430. The quantitative estimate of drug-likeness (QED) is 0.398. The lowest BCUT2D eigenvalue weighted by molar-refractivity contribution is -0.138. The van der Waals surface area contributed by atoms with E-state index in [9.17, 15) is 26.4 Å². The highest BCUT2D eigenvalue weighted by atomic mass is 79.9. The molecule has 0 aliphatic carbocycles. The zero-order chi connectivity index (χ0) is 25.9. The molecule has 7 nitrogen and oxygen atoms in total. The number of fused-ring (bicyclic) bond motifs is 3. The lowest BCUT2D eigenvalue weighted by atomic mass is 9.98. The van der Waals surface area contributed by atoms with E-state index < -0.39 is 27.5 Å². The van der Waals surface area contributed by atoms with Crippen molar-refractivity contribution in [1.82, 2.24) is 9.55 Å². The highest BCUT2D eigenvalue weighted by molar-refractivity contribution is 9.10. The molecule has 0 radical (unpaired) electrons. The number of benzene rings is 2. The first kappa shape index (κ1) is 25.5. The third-order valence-electron chi connectivity index (χ3n) is 6.07. The van der Waals surface area contributed by atoms with Gasteiger partial charge in [0.1, 0.15) is 5.82 Å². The molecule has 4 rings (SSSR count). The van der Waals surface area contributed by atoms with Crippen LogP contribution in [0.2, 0.25) is 0 Å². The maximum absolute atomic E-state index is 13.5. The zero-order valence-corrected chi connectivity index (χ0v) is 21.8. The third kappa shape index (κ3) is 4.53. The van der Waals surface area contributed by atoms with Gasteiger partial charge in [-0.25, -0.2) is 18.2 Å². The van der Waals surface area contributed by atoms with Gasteiger partial charge in [0.15, 0.2) is 9.84 Å². The number of alkyl halides is 3. The molecular weight excluding hydrogens is 551 g/mol. The number of aromatic nitrogens is 2. The molecule has 0 bridgehead atoms. The van der Waals surface area contributed by atoms with Crippen molar-refractivity contribution in [3.8, 4) is 0 Å². The second-order valence-corrected chi connectivity index (χ2v) is 11.6. The van der Waals surface area contributed by atoms with Crippen LogP contribution in [0.4, 0.5) is 18.9 Å². The normalized spacial score (nSPS) is 16.6. The zero-order valence-electron chi connectivity index (χ0n) is 19.4. The van der Waals surface area contributed by atoms with Crippen LogP contribution < -0.4 is 4.90 Å². The molecule has 0 unspecified atom stereocenters. The van der Waals surface area contributed by atoms with E-state index in [0.29, 0.717) is 35.6 Å². The molecule has 2 aromatic carbocycles. The third-order valence-corrected chi connectivity index (χ3v) is 7.90. The van der Waals surface area contributed by atoms with Crippen LogP contribution in [-0.4, -0.2) is 43.8 Å². The predicted octanol–water partition coefficient (Wildman–Crippen LogP) is 5.23. The van der Waals surface area contributed by atoms with Crippen LogP contribution in [0, 0.1) is 5.92 Å². The summed E-state index contributed by atoms with van der Waals surface area (Å²) in [4.78, 5) is 18.7. The van der Waals surface area contributed by atoms with Crippen LogP contribution in [0.5, 0.6) is 0 Å². The van der Waals surface area contributed by atoms with Gasteiger partial charge in [0.25, 0.3) is 0 Å². The molecular formula is C23H23BrF3N3O4S. The Kier molecular flexibility index (Phi) is 6.41. The van der Waals surface area contributed by atoms with E-state index in [1.807, 2.05) is 23.3 Å². The van der Waals surface area contributed by atoms with Gasteiger partial charge >= 0.3 is 12.1 Å². The Hall–Kier alpha value is -2.60. The number of esters is 1. The van der Waals surface area contributed by atoms with Gasteiger partial charge in [-0.3, -0.25) is 0 Å². The van der Waals surface area contributed by atoms with E-state index in [4.69, 9.17) is 9.72 Å². The fourth-order valence-electron chi connectivity index (χ4n) is 4.55. The first-order valence-electron chi connectivity index (χ1n) is 10.7. The molecule has 3 aromatic rings. The SMILES string of the molecule is COC(=O)c1cc2nc3n(c2cc1S(C)(=O)=O)CCN(c1ccc(Br)c(C(F)(F)F)c1)[C@@H]3C(C)C. The number of nitrogens with zero attached hydrogens (tertiary/aromatic N) is 3. The summed E-state index contributed by atoms with van der Waals surface area (Å²) in [7, 11) is -2.59. The number of hydrogen-bond donors (Lipinski definition) is 0. The largest absolute Gasteiger partial charge is 0.465 e. The van der Waals surface area contributed by atoms with Crippen LogP contribution in [0.25, 0.3) is 11.0 Å². The summed E-state index contributed by atoms with van der Waals surface area (Å²) in [6.45, 7) is 4.64. The summed E-state index contributed by atoms with van der Waals surface area (Å²) in [5.41, 5.74) is 0.470. The topological polar surface area (TPSA) is 81.5 Å². The number of sulfone groups is 1. The summed E-state index contributed by atoms with van der Waals surface area (Å²) in [6, 6.07) is 6.56. The standard InChI is InChI=1S/C23H23BrF3N3O4S/c1-12(2)20-21-28-17-10-14(22(31)34-3)19(35(4,32)33)11-18(17)30(21)8-7-29(20)13-5-6-16(24)15(9-13)23(25,26)27/h5-6,9-12,20H,7-8H2,1-4H3/t20-/m1/s1. The maximum atomic E-state index is 13.5. The number of methoxy groups -OCH3 is 1. The average molecular weight is 574 g/mol. The number of carbonyl (C=O) groups is 1. The first-order chi connectivity index (χ1) is 16.2. The van der Waals surface area contributed by atoms with Crippen molar-refractivity contribution in [2.75, 3.05) is 24.8 Å². The van der Waals surface area contributed by atoms with Gasteiger partial charge in [0.2, 0.25) is 0 Å². The predicted molar refractivity (Wildman–Crippen MR) is 128 cm³/mol. The lowest BCUT2D eigenvalue weighted by Crippen LogP contribution is -2.41. The lowest BCUT2D eigenvalue weighted by Gasteiger charge is -2.40. The molecule has 1 atom stereocenters. The molecule has 0 fully saturated rings. The molecule has 188 valence electrons. The minimum absolute atomic E-state index is 0.0391. The van der Waals surface area contributed by atoms with Gasteiger partial charge in [-0.2, -0.15) is 13.2 Å². The van der Waals surface area contributed by atoms with Crippen LogP contribution in [0.15, 0.2) is 39.7 Å². The fraction of sp³-hybridized carbons (Fsp3) is 0.391. The number of rotatable bonds is 4. The van der Waals surface area contributed by atoms with E-state index >= 15 is 0 Å². The molecule has 0 saturated carbocycles. The molecule has 0 saturated heterocycles. The first-order valence-corrected chi connectivity index (χ1v) is 13.4. The Morgan fingerprint density at radius 2 is 1.89 bits per heavy atom. The second-order valence-electron chi connectivity index (χ2n) is 8.77. The van der Waals surface area contributed by atoms with E-state index in [-0.39, 0.29) is 26.9 Å². The maximum Gasteiger partial charge on any atom is 0.417 e.